The van der Waals surface area contributed by atoms with Gasteiger partial charge in [0.2, 0.25) is 0 Å². The fourth-order valence-corrected chi connectivity index (χ4v) is 4.93. The lowest BCUT2D eigenvalue weighted by atomic mass is 9.81. The summed E-state index contributed by atoms with van der Waals surface area (Å²) >= 11 is 0. The fraction of sp³-hybridized carbons (Fsp3) is 0.0323. The van der Waals surface area contributed by atoms with Gasteiger partial charge in [-0.05, 0) is 68.7 Å². The molecule has 0 unspecified atom stereocenters. The van der Waals surface area contributed by atoms with E-state index in [9.17, 15) is 15.3 Å². The molecule has 0 heterocycles. The van der Waals surface area contributed by atoms with Crippen LogP contribution in [0.4, 0.5) is 0 Å². The van der Waals surface area contributed by atoms with E-state index in [0.717, 1.165) is 32.3 Å². The molecule has 3 nitrogen and oxygen atoms in total. The van der Waals surface area contributed by atoms with Crippen molar-refractivity contribution in [2.24, 2.45) is 0 Å². The molecule has 164 valence electrons. The van der Waals surface area contributed by atoms with E-state index >= 15 is 0 Å². The lowest BCUT2D eigenvalue weighted by Crippen LogP contribution is -2.05. The lowest BCUT2D eigenvalue weighted by molar-refractivity contribution is 0.452. The van der Waals surface area contributed by atoms with E-state index in [-0.39, 0.29) is 17.2 Å². The molecule has 0 saturated heterocycles. The van der Waals surface area contributed by atoms with Crippen LogP contribution in [0.3, 0.4) is 0 Å². The highest BCUT2D eigenvalue weighted by atomic mass is 16.3. The van der Waals surface area contributed by atoms with Gasteiger partial charge in [-0.15, -0.1) is 0 Å². The number of hydrogen-bond acceptors (Lipinski definition) is 3. The van der Waals surface area contributed by atoms with Gasteiger partial charge in [0, 0.05) is 22.6 Å². The summed E-state index contributed by atoms with van der Waals surface area (Å²) in [5.41, 5.74) is 1.86. The molecule has 3 N–H and O–H groups in total. The van der Waals surface area contributed by atoms with E-state index in [4.69, 9.17) is 0 Å². The van der Waals surface area contributed by atoms with Crippen LogP contribution in [0.1, 0.15) is 22.6 Å². The first kappa shape index (κ1) is 20.1. The molecule has 0 bridgehead atoms. The Labute approximate surface area is 196 Å². The monoisotopic (exact) mass is 442 g/mol. The number of hydrogen-bond donors (Lipinski definition) is 3. The van der Waals surface area contributed by atoms with Gasteiger partial charge in [-0.1, -0.05) is 72.8 Å². The standard InChI is InChI=1S/C31H22O3/c32-28-16-22-10-4-1-7-19(22)13-25(28)31(26-14-20-8-2-5-11-23(20)17-29(26)33)27-15-21-9-3-6-12-24(21)18-30(27)34/h1-18,31-34H. The predicted molar refractivity (Wildman–Crippen MR) is 138 cm³/mol. The first-order valence-corrected chi connectivity index (χ1v) is 11.2. The summed E-state index contributed by atoms with van der Waals surface area (Å²) in [6.07, 6.45) is 0. The number of benzene rings is 6. The van der Waals surface area contributed by atoms with Crippen LogP contribution >= 0.6 is 0 Å². The molecule has 0 spiro atoms. The molecule has 3 heteroatoms. The van der Waals surface area contributed by atoms with Gasteiger partial charge in [0.25, 0.3) is 0 Å². The number of rotatable bonds is 3. The molecule has 0 aliphatic carbocycles. The molecule has 6 aromatic rings. The number of phenolic OH excluding ortho intramolecular Hbond substituents is 3. The zero-order valence-electron chi connectivity index (χ0n) is 18.3. The average Bonchev–Trinajstić information content (AvgIpc) is 2.85. The van der Waals surface area contributed by atoms with Crippen molar-refractivity contribution in [3.05, 3.63) is 126 Å². The van der Waals surface area contributed by atoms with E-state index in [0.29, 0.717) is 16.7 Å². The van der Waals surface area contributed by atoms with Crippen molar-refractivity contribution < 1.29 is 15.3 Å². The highest BCUT2D eigenvalue weighted by Gasteiger charge is 2.26. The second-order valence-electron chi connectivity index (χ2n) is 8.71. The van der Waals surface area contributed by atoms with Crippen molar-refractivity contribution in [2.75, 3.05) is 0 Å². The molecule has 0 fully saturated rings. The van der Waals surface area contributed by atoms with Crippen LogP contribution in [0.2, 0.25) is 0 Å². The van der Waals surface area contributed by atoms with Crippen molar-refractivity contribution in [1.82, 2.24) is 0 Å². The molecule has 0 amide bonds. The Morgan fingerprint density at radius 3 is 0.853 bits per heavy atom. The van der Waals surface area contributed by atoms with Crippen molar-refractivity contribution in [3.8, 4) is 17.2 Å². The van der Waals surface area contributed by atoms with E-state index in [1.54, 1.807) is 18.2 Å². The predicted octanol–water partition coefficient (Wildman–Crippen LogP) is 7.44. The summed E-state index contributed by atoms with van der Waals surface area (Å²) in [4.78, 5) is 0. The zero-order chi connectivity index (χ0) is 23.2. The summed E-state index contributed by atoms with van der Waals surface area (Å²) in [6, 6.07) is 34.6. The Kier molecular flexibility index (Phi) is 4.63. The maximum atomic E-state index is 11.1. The van der Waals surface area contributed by atoms with E-state index in [1.165, 1.54) is 0 Å². The Balaban J connectivity index is 1.69. The van der Waals surface area contributed by atoms with Crippen LogP contribution < -0.4 is 0 Å². The largest absolute Gasteiger partial charge is 0.508 e. The average molecular weight is 443 g/mol. The van der Waals surface area contributed by atoms with Crippen LogP contribution in [0.15, 0.2) is 109 Å². The first-order chi connectivity index (χ1) is 16.6. The SMILES string of the molecule is Oc1cc2ccccc2cc1C(c1cc2ccccc2cc1O)c1cc2ccccc2cc1O. The summed E-state index contributed by atoms with van der Waals surface area (Å²) in [5, 5.41) is 39.1. The molecular formula is C31H22O3. The van der Waals surface area contributed by atoms with Crippen molar-refractivity contribution in [1.29, 1.82) is 0 Å². The third-order valence-corrected chi connectivity index (χ3v) is 6.62. The van der Waals surface area contributed by atoms with Gasteiger partial charge in [-0.3, -0.25) is 0 Å². The summed E-state index contributed by atoms with van der Waals surface area (Å²) < 4.78 is 0. The normalized spacial score (nSPS) is 11.6. The molecule has 0 aromatic heterocycles. The first-order valence-electron chi connectivity index (χ1n) is 11.2. The Morgan fingerprint density at radius 2 is 0.588 bits per heavy atom. The summed E-state index contributed by atoms with van der Waals surface area (Å²) in [7, 11) is 0. The topological polar surface area (TPSA) is 60.7 Å². The van der Waals surface area contributed by atoms with Gasteiger partial charge >= 0.3 is 0 Å². The minimum atomic E-state index is -0.584. The third-order valence-electron chi connectivity index (χ3n) is 6.62. The van der Waals surface area contributed by atoms with Gasteiger partial charge in [0.15, 0.2) is 0 Å². The highest BCUT2D eigenvalue weighted by molar-refractivity contribution is 5.89. The molecule has 6 rings (SSSR count). The third kappa shape index (κ3) is 3.30. The van der Waals surface area contributed by atoms with Gasteiger partial charge in [0.05, 0.1) is 0 Å². The Morgan fingerprint density at radius 1 is 0.353 bits per heavy atom. The van der Waals surface area contributed by atoms with Crippen LogP contribution in [-0.4, -0.2) is 15.3 Å². The van der Waals surface area contributed by atoms with Crippen molar-refractivity contribution in [3.63, 3.8) is 0 Å². The molecule has 0 saturated carbocycles. The molecule has 0 radical (unpaired) electrons. The van der Waals surface area contributed by atoms with Crippen LogP contribution in [-0.2, 0) is 0 Å². The van der Waals surface area contributed by atoms with Crippen molar-refractivity contribution >= 4 is 32.3 Å². The van der Waals surface area contributed by atoms with Gasteiger partial charge in [-0.2, -0.15) is 0 Å². The molecule has 0 aliphatic rings. The molecule has 0 atom stereocenters. The quantitative estimate of drug-likeness (QED) is 0.250. The summed E-state index contributed by atoms with van der Waals surface area (Å²) in [5.74, 6) is -0.240. The molecule has 34 heavy (non-hydrogen) atoms. The highest BCUT2D eigenvalue weighted by Crippen LogP contribution is 2.46. The number of phenols is 3. The summed E-state index contributed by atoms with van der Waals surface area (Å²) in [6.45, 7) is 0. The maximum absolute atomic E-state index is 11.1. The Hall–Kier alpha value is -4.50. The van der Waals surface area contributed by atoms with Crippen LogP contribution in [0, 0.1) is 0 Å². The smallest absolute Gasteiger partial charge is 0.120 e. The van der Waals surface area contributed by atoms with Crippen LogP contribution in [0.5, 0.6) is 17.2 Å². The number of fused-ring (bicyclic) bond motifs is 3. The maximum Gasteiger partial charge on any atom is 0.120 e. The fourth-order valence-electron chi connectivity index (χ4n) is 4.93. The second-order valence-corrected chi connectivity index (χ2v) is 8.71. The Bertz CT molecular complexity index is 1500. The van der Waals surface area contributed by atoms with E-state index < -0.39 is 5.92 Å². The van der Waals surface area contributed by atoms with Gasteiger partial charge < -0.3 is 15.3 Å². The minimum absolute atomic E-state index is 0.115. The minimum Gasteiger partial charge on any atom is -0.508 e. The van der Waals surface area contributed by atoms with E-state index in [2.05, 4.69) is 0 Å². The van der Waals surface area contributed by atoms with Gasteiger partial charge in [-0.25, -0.2) is 0 Å². The zero-order valence-corrected chi connectivity index (χ0v) is 18.3. The van der Waals surface area contributed by atoms with Crippen molar-refractivity contribution in [2.45, 2.75) is 5.92 Å². The van der Waals surface area contributed by atoms with Crippen LogP contribution in [0.25, 0.3) is 32.3 Å². The molecular weight excluding hydrogens is 420 g/mol. The molecule has 0 aliphatic heterocycles. The van der Waals surface area contributed by atoms with E-state index in [1.807, 2.05) is 91.0 Å². The second kappa shape index (κ2) is 7.82. The molecule has 6 aromatic carbocycles. The number of aromatic hydroxyl groups is 3. The lowest BCUT2D eigenvalue weighted by Gasteiger charge is -2.23. The van der Waals surface area contributed by atoms with Gasteiger partial charge in [0.1, 0.15) is 17.2 Å².